The largest absolute Gasteiger partial charge is 0.493 e. The number of aldehydes is 1. The van der Waals surface area contributed by atoms with Crippen molar-refractivity contribution in [1.29, 1.82) is 0 Å². The molecule has 1 aromatic carbocycles. The number of benzene rings is 1. The summed E-state index contributed by atoms with van der Waals surface area (Å²) < 4.78 is 28.0. The van der Waals surface area contributed by atoms with Crippen LogP contribution in [0.5, 0.6) is 11.5 Å². The predicted molar refractivity (Wildman–Crippen MR) is 56.2 cm³/mol. The van der Waals surface area contributed by atoms with Crippen LogP contribution in [0.1, 0.15) is 20.7 Å². The third-order valence-corrected chi connectivity index (χ3v) is 2.16. The minimum atomic E-state index is -0.996. The fraction of sp³-hybridized carbons (Fsp3) is 0.273. The molecule has 0 N–H and O–H groups in total. The predicted octanol–water partition coefficient (Wildman–Crippen LogP) is 1.44. The zero-order chi connectivity index (χ0) is 13.0. The van der Waals surface area contributed by atoms with E-state index in [0.717, 1.165) is 13.2 Å². The van der Waals surface area contributed by atoms with Gasteiger partial charge in [0.25, 0.3) is 0 Å². The molecule has 0 bridgehead atoms. The van der Waals surface area contributed by atoms with Crippen LogP contribution in [0.15, 0.2) is 6.07 Å². The molecule has 0 amide bonds. The Morgan fingerprint density at radius 2 is 1.94 bits per heavy atom. The zero-order valence-corrected chi connectivity index (χ0v) is 9.57. The van der Waals surface area contributed by atoms with Crippen LogP contribution in [0.2, 0.25) is 0 Å². The monoisotopic (exact) mass is 242 g/mol. The lowest BCUT2D eigenvalue weighted by Gasteiger charge is -2.12. The number of esters is 1. The first-order chi connectivity index (χ1) is 8.10. The summed E-state index contributed by atoms with van der Waals surface area (Å²) in [4.78, 5) is 22.1. The Morgan fingerprint density at radius 3 is 2.35 bits per heavy atom. The van der Waals surface area contributed by atoms with Crippen LogP contribution in [0.3, 0.4) is 0 Å². The van der Waals surface area contributed by atoms with Crippen molar-refractivity contribution in [1.82, 2.24) is 0 Å². The molecule has 17 heavy (non-hydrogen) atoms. The van der Waals surface area contributed by atoms with Gasteiger partial charge in [-0.1, -0.05) is 0 Å². The number of ether oxygens (including phenoxy) is 3. The highest BCUT2D eigenvalue weighted by Crippen LogP contribution is 2.34. The second-order valence-electron chi connectivity index (χ2n) is 3.00. The van der Waals surface area contributed by atoms with E-state index in [2.05, 4.69) is 4.74 Å². The first-order valence-electron chi connectivity index (χ1n) is 4.58. The Kier molecular flexibility index (Phi) is 4.03. The first-order valence-corrected chi connectivity index (χ1v) is 4.58. The third-order valence-electron chi connectivity index (χ3n) is 2.16. The summed E-state index contributed by atoms with van der Waals surface area (Å²) in [6.07, 6.45) is 0.253. The molecule has 5 nitrogen and oxygen atoms in total. The third kappa shape index (κ3) is 2.20. The lowest BCUT2D eigenvalue weighted by atomic mass is 10.1. The van der Waals surface area contributed by atoms with Crippen molar-refractivity contribution < 1.29 is 28.2 Å². The van der Waals surface area contributed by atoms with Gasteiger partial charge in [-0.2, -0.15) is 0 Å². The molecule has 0 heterocycles. The fourth-order valence-electron chi connectivity index (χ4n) is 1.36. The molecule has 0 aliphatic carbocycles. The van der Waals surface area contributed by atoms with Crippen molar-refractivity contribution in [2.45, 2.75) is 0 Å². The average molecular weight is 242 g/mol. The lowest BCUT2D eigenvalue weighted by Crippen LogP contribution is -2.09. The topological polar surface area (TPSA) is 61.8 Å². The van der Waals surface area contributed by atoms with E-state index in [9.17, 15) is 14.0 Å². The molecule has 0 fully saturated rings. The quantitative estimate of drug-likeness (QED) is 0.590. The van der Waals surface area contributed by atoms with Crippen LogP contribution >= 0.6 is 0 Å². The van der Waals surface area contributed by atoms with Gasteiger partial charge in [-0.25, -0.2) is 9.18 Å². The average Bonchev–Trinajstić information content (AvgIpc) is 2.36. The van der Waals surface area contributed by atoms with Crippen molar-refractivity contribution >= 4 is 12.3 Å². The molecular formula is C11H11FO5. The summed E-state index contributed by atoms with van der Waals surface area (Å²) in [5.41, 5.74) is -0.764. The highest BCUT2D eigenvalue weighted by Gasteiger charge is 2.23. The number of hydrogen-bond acceptors (Lipinski definition) is 5. The van der Waals surface area contributed by atoms with Gasteiger partial charge in [-0.15, -0.1) is 0 Å². The molecule has 0 aliphatic rings. The van der Waals surface area contributed by atoms with E-state index >= 15 is 0 Å². The molecule has 0 radical (unpaired) electrons. The maximum atomic E-state index is 13.8. The van der Waals surface area contributed by atoms with Crippen LogP contribution in [-0.4, -0.2) is 33.6 Å². The lowest BCUT2D eigenvalue weighted by molar-refractivity contribution is 0.0595. The Hall–Kier alpha value is -2.11. The van der Waals surface area contributed by atoms with Crippen LogP contribution in [-0.2, 0) is 4.74 Å². The van der Waals surface area contributed by atoms with E-state index in [0.29, 0.717) is 0 Å². The van der Waals surface area contributed by atoms with E-state index in [1.165, 1.54) is 14.2 Å². The van der Waals surface area contributed by atoms with E-state index in [-0.39, 0.29) is 28.9 Å². The summed E-state index contributed by atoms with van der Waals surface area (Å²) in [6.45, 7) is 0. The standard InChI is InChI=1S/C11H11FO5/c1-15-8-4-6(11(14)17-3)9(12)7(5-13)10(8)16-2/h4-5H,1-3H3. The van der Waals surface area contributed by atoms with Crippen molar-refractivity contribution in [2.75, 3.05) is 21.3 Å². The van der Waals surface area contributed by atoms with Gasteiger partial charge in [0.15, 0.2) is 23.6 Å². The van der Waals surface area contributed by atoms with Crippen LogP contribution < -0.4 is 9.47 Å². The van der Waals surface area contributed by atoms with E-state index in [1.807, 2.05) is 0 Å². The summed E-state index contributed by atoms with van der Waals surface area (Å²) in [5.74, 6) is -1.87. The van der Waals surface area contributed by atoms with Gasteiger partial charge < -0.3 is 14.2 Å². The van der Waals surface area contributed by atoms with Crippen molar-refractivity contribution in [3.05, 3.63) is 23.0 Å². The summed E-state index contributed by atoms with van der Waals surface area (Å²) in [6, 6.07) is 1.12. The molecule has 0 atom stereocenters. The summed E-state index contributed by atoms with van der Waals surface area (Å²) in [5, 5.41) is 0. The van der Waals surface area contributed by atoms with Crippen molar-refractivity contribution in [2.24, 2.45) is 0 Å². The van der Waals surface area contributed by atoms with Gasteiger partial charge in [0.1, 0.15) is 0 Å². The normalized spacial score (nSPS) is 9.65. The van der Waals surface area contributed by atoms with Crippen molar-refractivity contribution in [3.63, 3.8) is 0 Å². The molecule has 6 heteroatoms. The minimum absolute atomic E-state index is 0.0624. The molecule has 0 aromatic heterocycles. The number of rotatable bonds is 4. The second kappa shape index (κ2) is 5.29. The molecule has 0 saturated heterocycles. The SMILES string of the molecule is COC(=O)c1cc(OC)c(OC)c(C=O)c1F. The molecule has 0 saturated carbocycles. The molecular weight excluding hydrogens is 231 g/mol. The Balaban J connectivity index is 3.56. The van der Waals surface area contributed by atoms with Crippen LogP contribution in [0.25, 0.3) is 0 Å². The van der Waals surface area contributed by atoms with Gasteiger partial charge in [-0.05, 0) is 0 Å². The fourth-order valence-corrected chi connectivity index (χ4v) is 1.36. The number of carbonyl (C=O) groups excluding carboxylic acids is 2. The molecule has 0 aliphatic heterocycles. The number of halogens is 1. The van der Waals surface area contributed by atoms with Gasteiger partial charge >= 0.3 is 5.97 Å². The zero-order valence-electron chi connectivity index (χ0n) is 9.57. The smallest absolute Gasteiger partial charge is 0.341 e. The molecule has 0 spiro atoms. The summed E-state index contributed by atoms with van der Waals surface area (Å²) in [7, 11) is 3.69. The van der Waals surface area contributed by atoms with Crippen LogP contribution in [0.4, 0.5) is 4.39 Å². The van der Waals surface area contributed by atoms with E-state index in [1.54, 1.807) is 0 Å². The first kappa shape index (κ1) is 13.0. The highest BCUT2D eigenvalue weighted by atomic mass is 19.1. The highest BCUT2D eigenvalue weighted by molar-refractivity contribution is 5.94. The molecule has 92 valence electrons. The van der Waals surface area contributed by atoms with Crippen LogP contribution in [0, 0.1) is 5.82 Å². The number of hydrogen-bond donors (Lipinski definition) is 0. The van der Waals surface area contributed by atoms with E-state index < -0.39 is 11.8 Å². The van der Waals surface area contributed by atoms with Gasteiger partial charge in [-0.3, -0.25) is 4.79 Å². The van der Waals surface area contributed by atoms with Gasteiger partial charge in [0, 0.05) is 6.07 Å². The summed E-state index contributed by atoms with van der Waals surface area (Å²) >= 11 is 0. The molecule has 1 aromatic rings. The maximum Gasteiger partial charge on any atom is 0.341 e. The Morgan fingerprint density at radius 1 is 1.29 bits per heavy atom. The number of carbonyl (C=O) groups is 2. The van der Waals surface area contributed by atoms with E-state index in [4.69, 9.17) is 9.47 Å². The van der Waals surface area contributed by atoms with Gasteiger partial charge in [0.05, 0.1) is 32.5 Å². The molecule has 0 unspecified atom stereocenters. The Labute approximate surface area is 97.1 Å². The Bertz CT molecular complexity index is 456. The van der Waals surface area contributed by atoms with Crippen molar-refractivity contribution in [3.8, 4) is 11.5 Å². The number of methoxy groups -OCH3 is 3. The minimum Gasteiger partial charge on any atom is -0.493 e. The maximum absolute atomic E-state index is 13.8. The van der Waals surface area contributed by atoms with Gasteiger partial charge in [0.2, 0.25) is 0 Å². The molecule has 1 rings (SSSR count). The second-order valence-corrected chi connectivity index (χ2v) is 3.00.